The maximum absolute atomic E-state index is 12.4. The Morgan fingerprint density at radius 1 is 1.15 bits per heavy atom. The fraction of sp³-hybridized carbons (Fsp3) is 0.667. The number of rotatable bonds is 2. The van der Waals surface area contributed by atoms with E-state index in [2.05, 4.69) is 21.8 Å². The standard InChI is InChI=1S/C15H22N4O/c1-12-4-8-18(9-5-12)14-10-13(16-11-17-14)15(20)19-6-2-3-7-19/h10-12H,2-9H2,1H3. The zero-order valence-corrected chi connectivity index (χ0v) is 12.1. The molecule has 2 aliphatic heterocycles. The minimum atomic E-state index is 0.0523. The van der Waals surface area contributed by atoms with Gasteiger partial charge in [0, 0.05) is 32.2 Å². The minimum Gasteiger partial charge on any atom is -0.356 e. The molecule has 0 atom stereocenters. The number of likely N-dealkylation sites (tertiary alicyclic amines) is 1. The molecule has 0 unspecified atom stereocenters. The predicted octanol–water partition coefficient (Wildman–Crippen LogP) is 1.95. The number of aromatic nitrogens is 2. The van der Waals surface area contributed by atoms with Crippen LogP contribution in [-0.4, -0.2) is 47.0 Å². The van der Waals surface area contributed by atoms with Crippen molar-refractivity contribution in [2.24, 2.45) is 5.92 Å². The Kier molecular flexibility index (Phi) is 3.85. The number of nitrogens with zero attached hydrogens (tertiary/aromatic N) is 4. The molecule has 5 heteroatoms. The molecular weight excluding hydrogens is 252 g/mol. The highest BCUT2D eigenvalue weighted by Gasteiger charge is 2.22. The van der Waals surface area contributed by atoms with E-state index in [1.54, 1.807) is 0 Å². The highest BCUT2D eigenvalue weighted by molar-refractivity contribution is 5.93. The third-order valence-corrected chi connectivity index (χ3v) is 4.37. The van der Waals surface area contributed by atoms with Crippen LogP contribution in [0.4, 0.5) is 5.82 Å². The summed E-state index contributed by atoms with van der Waals surface area (Å²) in [6, 6.07) is 1.86. The van der Waals surface area contributed by atoms with Crippen molar-refractivity contribution in [3.63, 3.8) is 0 Å². The molecule has 0 aromatic carbocycles. The molecule has 108 valence electrons. The van der Waals surface area contributed by atoms with Crippen molar-refractivity contribution in [3.8, 4) is 0 Å². The first-order valence-corrected chi connectivity index (χ1v) is 7.60. The van der Waals surface area contributed by atoms with E-state index in [1.807, 2.05) is 11.0 Å². The lowest BCUT2D eigenvalue weighted by atomic mass is 9.99. The van der Waals surface area contributed by atoms with Crippen LogP contribution in [0.2, 0.25) is 0 Å². The SMILES string of the molecule is CC1CCN(c2cc(C(=O)N3CCCC3)ncn2)CC1. The molecule has 3 heterocycles. The van der Waals surface area contributed by atoms with E-state index in [1.165, 1.54) is 19.2 Å². The molecule has 5 nitrogen and oxygen atoms in total. The van der Waals surface area contributed by atoms with Crippen LogP contribution in [0.15, 0.2) is 12.4 Å². The summed E-state index contributed by atoms with van der Waals surface area (Å²) < 4.78 is 0. The van der Waals surface area contributed by atoms with Crippen LogP contribution in [-0.2, 0) is 0 Å². The van der Waals surface area contributed by atoms with E-state index >= 15 is 0 Å². The van der Waals surface area contributed by atoms with E-state index in [4.69, 9.17) is 0 Å². The fourth-order valence-electron chi connectivity index (χ4n) is 2.96. The number of carbonyl (C=O) groups excluding carboxylic acids is 1. The third-order valence-electron chi connectivity index (χ3n) is 4.37. The Balaban J connectivity index is 1.73. The van der Waals surface area contributed by atoms with Gasteiger partial charge in [0.25, 0.3) is 5.91 Å². The summed E-state index contributed by atoms with van der Waals surface area (Å²) in [4.78, 5) is 25.0. The molecule has 2 aliphatic rings. The second-order valence-electron chi connectivity index (χ2n) is 5.93. The average molecular weight is 274 g/mol. The van der Waals surface area contributed by atoms with Crippen molar-refractivity contribution in [3.05, 3.63) is 18.1 Å². The van der Waals surface area contributed by atoms with Gasteiger partial charge in [0.05, 0.1) is 0 Å². The van der Waals surface area contributed by atoms with Crippen LogP contribution in [0.3, 0.4) is 0 Å². The molecule has 0 radical (unpaired) electrons. The predicted molar refractivity (Wildman–Crippen MR) is 77.8 cm³/mol. The number of carbonyl (C=O) groups is 1. The first-order valence-electron chi connectivity index (χ1n) is 7.60. The van der Waals surface area contributed by atoms with Gasteiger partial charge in [-0.3, -0.25) is 4.79 Å². The Labute approximate surface area is 120 Å². The summed E-state index contributed by atoms with van der Waals surface area (Å²) in [5, 5.41) is 0. The van der Waals surface area contributed by atoms with Crippen LogP contribution in [0.1, 0.15) is 43.1 Å². The van der Waals surface area contributed by atoms with E-state index in [0.29, 0.717) is 5.69 Å². The Bertz CT molecular complexity index is 477. The summed E-state index contributed by atoms with van der Waals surface area (Å²) in [6.45, 7) is 6.06. The second-order valence-corrected chi connectivity index (χ2v) is 5.93. The van der Waals surface area contributed by atoms with Crippen molar-refractivity contribution >= 4 is 11.7 Å². The average Bonchev–Trinajstić information content (AvgIpc) is 3.01. The number of hydrogen-bond acceptors (Lipinski definition) is 4. The number of piperidine rings is 1. The van der Waals surface area contributed by atoms with Gasteiger partial charge in [0.15, 0.2) is 0 Å². The Morgan fingerprint density at radius 3 is 2.55 bits per heavy atom. The smallest absolute Gasteiger partial charge is 0.272 e. The van der Waals surface area contributed by atoms with Crippen molar-refractivity contribution in [2.75, 3.05) is 31.1 Å². The van der Waals surface area contributed by atoms with Crippen LogP contribution in [0.5, 0.6) is 0 Å². The van der Waals surface area contributed by atoms with Crippen LogP contribution < -0.4 is 4.90 Å². The largest absolute Gasteiger partial charge is 0.356 e. The lowest BCUT2D eigenvalue weighted by Gasteiger charge is -2.31. The number of hydrogen-bond donors (Lipinski definition) is 0. The topological polar surface area (TPSA) is 49.3 Å². The maximum atomic E-state index is 12.4. The molecule has 1 amide bonds. The maximum Gasteiger partial charge on any atom is 0.272 e. The highest BCUT2D eigenvalue weighted by Crippen LogP contribution is 2.22. The van der Waals surface area contributed by atoms with Crippen molar-refractivity contribution in [1.29, 1.82) is 0 Å². The summed E-state index contributed by atoms with van der Waals surface area (Å²) in [5.74, 6) is 1.74. The van der Waals surface area contributed by atoms with Gasteiger partial charge in [-0.25, -0.2) is 9.97 Å². The van der Waals surface area contributed by atoms with Crippen molar-refractivity contribution in [2.45, 2.75) is 32.6 Å². The summed E-state index contributed by atoms with van der Waals surface area (Å²) in [5.41, 5.74) is 0.538. The molecule has 0 aliphatic carbocycles. The van der Waals surface area contributed by atoms with E-state index in [0.717, 1.165) is 50.8 Å². The lowest BCUT2D eigenvalue weighted by Crippen LogP contribution is -2.34. The van der Waals surface area contributed by atoms with Gasteiger partial charge >= 0.3 is 0 Å². The van der Waals surface area contributed by atoms with E-state index in [9.17, 15) is 4.79 Å². The van der Waals surface area contributed by atoms with E-state index < -0.39 is 0 Å². The second kappa shape index (κ2) is 5.77. The zero-order chi connectivity index (χ0) is 13.9. The Hall–Kier alpha value is -1.65. The molecule has 2 saturated heterocycles. The molecule has 0 saturated carbocycles. The molecule has 2 fully saturated rings. The normalized spacial score (nSPS) is 20.4. The highest BCUT2D eigenvalue weighted by atomic mass is 16.2. The zero-order valence-electron chi connectivity index (χ0n) is 12.1. The van der Waals surface area contributed by atoms with Gasteiger partial charge < -0.3 is 9.80 Å². The van der Waals surface area contributed by atoms with Gasteiger partial charge in [-0.05, 0) is 31.6 Å². The monoisotopic (exact) mass is 274 g/mol. The van der Waals surface area contributed by atoms with Gasteiger partial charge in [-0.1, -0.05) is 6.92 Å². The van der Waals surface area contributed by atoms with Crippen molar-refractivity contribution in [1.82, 2.24) is 14.9 Å². The quantitative estimate of drug-likeness (QED) is 0.827. The molecule has 20 heavy (non-hydrogen) atoms. The molecule has 1 aromatic rings. The Morgan fingerprint density at radius 2 is 1.85 bits per heavy atom. The minimum absolute atomic E-state index is 0.0523. The van der Waals surface area contributed by atoms with Crippen molar-refractivity contribution < 1.29 is 4.79 Å². The summed E-state index contributed by atoms with van der Waals surface area (Å²) >= 11 is 0. The van der Waals surface area contributed by atoms with Gasteiger partial charge in [-0.15, -0.1) is 0 Å². The van der Waals surface area contributed by atoms with E-state index in [-0.39, 0.29) is 5.91 Å². The first kappa shape index (κ1) is 13.3. The lowest BCUT2D eigenvalue weighted by molar-refractivity contribution is 0.0787. The summed E-state index contributed by atoms with van der Waals surface area (Å²) in [6.07, 6.45) is 6.12. The fourth-order valence-corrected chi connectivity index (χ4v) is 2.96. The van der Waals surface area contributed by atoms with Gasteiger partial charge in [-0.2, -0.15) is 0 Å². The first-order chi connectivity index (χ1) is 9.74. The molecule has 0 bridgehead atoms. The molecule has 3 rings (SSSR count). The van der Waals surface area contributed by atoms with Gasteiger partial charge in [0.1, 0.15) is 17.8 Å². The molecule has 1 aromatic heterocycles. The van der Waals surface area contributed by atoms with Crippen LogP contribution >= 0.6 is 0 Å². The third kappa shape index (κ3) is 2.76. The molecule has 0 spiro atoms. The summed E-state index contributed by atoms with van der Waals surface area (Å²) in [7, 11) is 0. The van der Waals surface area contributed by atoms with Crippen LogP contribution in [0.25, 0.3) is 0 Å². The van der Waals surface area contributed by atoms with Gasteiger partial charge in [0.2, 0.25) is 0 Å². The number of anilines is 1. The number of amides is 1. The van der Waals surface area contributed by atoms with Crippen LogP contribution in [0, 0.1) is 5.92 Å². The molecular formula is C15H22N4O. The molecule has 0 N–H and O–H groups in total.